The van der Waals surface area contributed by atoms with Crippen molar-refractivity contribution in [2.24, 2.45) is 0 Å². The molecule has 5 nitrogen and oxygen atoms in total. The van der Waals surface area contributed by atoms with Gasteiger partial charge < -0.3 is 15.8 Å². The molecule has 1 amide bonds. The average Bonchev–Trinajstić information content (AvgIpc) is 2.42. The van der Waals surface area contributed by atoms with Gasteiger partial charge in [-0.2, -0.15) is 0 Å². The van der Waals surface area contributed by atoms with E-state index in [9.17, 15) is 4.79 Å². The number of hydrogen-bond donors (Lipinski definition) is 2. The van der Waals surface area contributed by atoms with E-state index in [4.69, 9.17) is 33.7 Å². The summed E-state index contributed by atoms with van der Waals surface area (Å²) in [6, 6.07) is 3.12. The molecule has 0 spiro atoms. The molecule has 110 valence electrons. The smallest absolute Gasteiger partial charge is 0.225 e. The Kier molecular flexibility index (Phi) is 5.48. The van der Waals surface area contributed by atoms with E-state index in [0.29, 0.717) is 34.4 Å². The predicted molar refractivity (Wildman–Crippen MR) is 81.4 cm³/mol. The van der Waals surface area contributed by atoms with E-state index < -0.39 is 0 Å². The lowest BCUT2D eigenvalue weighted by Gasteiger charge is -2.26. The highest BCUT2D eigenvalue weighted by atomic mass is 35.5. The molecule has 1 saturated heterocycles. The number of carbonyl (C=O) groups is 1. The summed E-state index contributed by atoms with van der Waals surface area (Å²) in [5, 5.41) is 3.41. The van der Waals surface area contributed by atoms with Crippen molar-refractivity contribution in [2.75, 3.05) is 43.9 Å². The molecule has 2 rings (SSSR count). The molecule has 1 aliphatic rings. The predicted octanol–water partition coefficient (Wildman–Crippen LogP) is 2.24. The molecule has 3 N–H and O–H groups in total. The first-order chi connectivity index (χ1) is 9.56. The van der Waals surface area contributed by atoms with Crippen molar-refractivity contribution < 1.29 is 9.53 Å². The van der Waals surface area contributed by atoms with Crippen LogP contribution in [0.3, 0.4) is 0 Å². The third-order valence-electron chi connectivity index (χ3n) is 3.09. The highest BCUT2D eigenvalue weighted by Gasteiger charge is 2.14. The van der Waals surface area contributed by atoms with Gasteiger partial charge in [0.05, 0.1) is 28.9 Å². The fourth-order valence-electron chi connectivity index (χ4n) is 2.00. The number of carbonyl (C=O) groups excluding carboxylic acids is 1. The number of amides is 1. The van der Waals surface area contributed by atoms with E-state index in [1.807, 2.05) is 0 Å². The number of rotatable bonds is 4. The highest BCUT2D eigenvalue weighted by molar-refractivity contribution is 6.40. The summed E-state index contributed by atoms with van der Waals surface area (Å²) < 4.78 is 5.26. The fraction of sp³-hybridized carbons (Fsp3) is 0.462. The Labute approximate surface area is 128 Å². The minimum absolute atomic E-state index is 0.120. The molecule has 1 heterocycles. The molecule has 0 radical (unpaired) electrons. The minimum Gasteiger partial charge on any atom is -0.399 e. The normalized spacial score (nSPS) is 16.1. The number of anilines is 2. The molecule has 20 heavy (non-hydrogen) atoms. The Hall–Kier alpha value is -1.01. The Morgan fingerprint density at radius 1 is 1.30 bits per heavy atom. The Balaban J connectivity index is 1.88. The molecule has 1 aromatic rings. The van der Waals surface area contributed by atoms with Crippen molar-refractivity contribution in [3.05, 3.63) is 22.2 Å². The van der Waals surface area contributed by atoms with Gasteiger partial charge >= 0.3 is 0 Å². The lowest BCUT2D eigenvalue weighted by Crippen LogP contribution is -2.38. The van der Waals surface area contributed by atoms with Gasteiger partial charge in [0.15, 0.2) is 0 Å². The van der Waals surface area contributed by atoms with Crippen LogP contribution in [0.5, 0.6) is 0 Å². The van der Waals surface area contributed by atoms with E-state index in [1.54, 1.807) is 12.1 Å². The quantitative estimate of drug-likeness (QED) is 0.836. The summed E-state index contributed by atoms with van der Waals surface area (Å²) >= 11 is 12.0. The third kappa shape index (κ3) is 4.24. The molecule has 0 atom stereocenters. The Bertz CT molecular complexity index is 467. The molecule has 1 fully saturated rings. The third-order valence-corrected chi connectivity index (χ3v) is 3.68. The summed E-state index contributed by atoms with van der Waals surface area (Å²) in [7, 11) is 0. The van der Waals surface area contributed by atoms with Crippen molar-refractivity contribution in [1.29, 1.82) is 0 Å². The lowest BCUT2D eigenvalue weighted by molar-refractivity contribution is -0.116. The van der Waals surface area contributed by atoms with Gasteiger partial charge in [-0.1, -0.05) is 23.2 Å². The molecule has 7 heteroatoms. The largest absolute Gasteiger partial charge is 0.399 e. The Morgan fingerprint density at radius 3 is 2.50 bits per heavy atom. The number of nitrogen functional groups attached to an aromatic ring is 1. The summed E-state index contributed by atoms with van der Waals surface area (Å²) in [6.07, 6.45) is 0.386. The summed E-state index contributed by atoms with van der Waals surface area (Å²) in [5.41, 5.74) is 6.49. The van der Waals surface area contributed by atoms with Gasteiger partial charge in [-0.25, -0.2) is 0 Å². The van der Waals surface area contributed by atoms with Gasteiger partial charge in [0.1, 0.15) is 0 Å². The number of morpholine rings is 1. The highest BCUT2D eigenvalue weighted by Crippen LogP contribution is 2.32. The van der Waals surface area contributed by atoms with Crippen LogP contribution in [-0.2, 0) is 9.53 Å². The van der Waals surface area contributed by atoms with Crippen LogP contribution in [0.15, 0.2) is 12.1 Å². The topological polar surface area (TPSA) is 67.6 Å². The molecule has 0 bridgehead atoms. The number of halogens is 2. The molecule has 1 aromatic carbocycles. The second-order valence-corrected chi connectivity index (χ2v) is 5.43. The maximum atomic E-state index is 11.9. The van der Waals surface area contributed by atoms with Gasteiger partial charge in [-0.05, 0) is 12.1 Å². The first kappa shape index (κ1) is 15.4. The van der Waals surface area contributed by atoms with Crippen molar-refractivity contribution in [2.45, 2.75) is 6.42 Å². The molecule has 0 unspecified atom stereocenters. The van der Waals surface area contributed by atoms with Crippen LogP contribution >= 0.6 is 23.2 Å². The molecule has 0 aliphatic carbocycles. The molecule has 0 aromatic heterocycles. The van der Waals surface area contributed by atoms with Crippen LogP contribution in [0.25, 0.3) is 0 Å². The van der Waals surface area contributed by atoms with Crippen molar-refractivity contribution in [3.8, 4) is 0 Å². The maximum Gasteiger partial charge on any atom is 0.225 e. The average molecular weight is 318 g/mol. The number of ether oxygens (including phenoxy) is 1. The number of nitrogens with one attached hydrogen (secondary N) is 1. The zero-order chi connectivity index (χ0) is 14.5. The standard InChI is InChI=1S/C13H17Cl2N3O2/c14-10-7-9(16)8-11(15)13(10)17-12(19)1-2-18-3-5-20-6-4-18/h7-8H,1-6,16H2,(H,17,19). The summed E-state index contributed by atoms with van der Waals surface area (Å²) in [6.45, 7) is 3.85. The van der Waals surface area contributed by atoms with Gasteiger partial charge in [0.25, 0.3) is 0 Å². The van der Waals surface area contributed by atoms with Crippen LogP contribution in [0.1, 0.15) is 6.42 Å². The number of nitrogens with two attached hydrogens (primary N) is 1. The second kappa shape index (κ2) is 7.13. The first-order valence-corrected chi connectivity index (χ1v) is 7.16. The van der Waals surface area contributed by atoms with Crippen molar-refractivity contribution >= 4 is 40.5 Å². The molecular weight excluding hydrogens is 301 g/mol. The van der Waals surface area contributed by atoms with E-state index in [-0.39, 0.29) is 5.91 Å². The SMILES string of the molecule is Nc1cc(Cl)c(NC(=O)CCN2CCOCC2)c(Cl)c1. The van der Waals surface area contributed by atoms with Crippen molar-refractivity contribution in [3.63, 3.8) is 0 Å². The van der Waals surface area contributed by atoms with Crippen LogP contribution in [-0.4, -0.2) is 43.7 Å². The second-order valence-electron chi connectivity index (χ2n) is 4.61. The van der Waals surface area contributed by atoms with Crippen LogP contribution in [0.4, 0.5) is 11.4 Å². The zero-order valence-electron chi connectivity index (χ0n) is 11.0. The molecule has 0 saturated carbocycles. The van der Waals surface area contributed by atoms with Gasteiger partial charge in [-0.15, -0.1) is 0 Å². The van der Waals surface area contributed by atoms with E-state index in [0.717, 1.165) is 26.3 Å². The van der Waals surface area contributed by atoms with Crippen LogP contribution < -0.4 is 11.1 Å². The van der Waals surface area contributed by atoms with Crippen molar-refractivity contribution in [1.82, 2.24) is 4.90 Å². The van der Waals surface area contributed by atoms with Crippen LogP contribution in [0, 0.1) is 0 Å². The fourth-order valence-corrected chi connectivity index (χ4v) is 2.60. The maximum absolute atomic E-state index is 11.9. The van der Waals surface area contributed by atoms with E-state index in [1.165, 1.54) is 0 Å². The summed E-state index contributed by atoms with van der Waals surface area (Å²) in [4.78, 5) is 14.1. The molecule has 1 aliphatic heterocycles. The van der Waals surface area contributed by atoms with Gasteiger partial charge in [0, 0.05) is 31.7 Å². The van der Waals surface area contributed by atoms with Gasteiger partial charge in [0.2, 0.25) is 5.91 Å². The first-order valence-electron chi connectivity index (χ1n) is 6.41. The number of hydrogen-bond acceptors (Lipinski definition) is 4. The number of nitrogens with zero attached hydrogens (tertiary/aromatic N) is 1. The minimum atomic E-state index is -0.120. The van der Waals surface area contributed by atoms with Gasteiger partial charge in [-0.3, -0.25) is 9.69 Å². The van der Waals surface area contributed by atoms with E-state index in [2.05, 4.69) is 10.2 Å². The number of benzene rings is 1. The zero-order valence-corrected chi connectivity index (χ0v) is 12.5. The molecular formula is C13H17Cl2N3O2. The Morgan fingerprint density at radius 2 is 1.90 bits per heavy atom. The lowest BCUT2D eigenvalue weighted by atomic mass is 10.2. The monoisotopic (exact) mass is 317 g/mol. The van der Waals surface area contributed by atoms with Crippen LogP contribution in [0.2, 0.25) is 10.0 Å². The van der Waals surface area contributed by atoms with E-state index >= 15 is 0 Å². The summed E-state index contributed by atoms with van der Waals surface area (Å²) in [5.74, 6) is -0.120.